The summed E-state index contributed by atoms with van der Waals surface area (Å²) >= 11 is 4.35. The van der Waals surface area contributed by atoms with Crippen LogP contribution in [0, 0.1) is 17.8 Å². The molecular formula is C18H31FS. The Morgan fingerprint density at radius 1 is 1.30 bits per heavy atom. The molecule has 1 aliphatic rings. The zero-order chi connectivity index (χ0) is 14.8. The van der Waals surface area contributed by atoms with Crippen LogP contribution >= 0.6 is 12.6 Å². The lowest BCUT2D eigenvalue weighted by atomic mass is 9.76. The molecule has 1 aliphatic carbocycles. The van der Waals surface area contributed by atoms with Crippen molar-refractivity contribution in [2.75, 3.05) is 12.4 Å². The van der Waals surface area contributed by atoms with E-state index >= 15 is 0 Å². The monoisotopic (exact) mass is 298 g/mol. The molecule has 2 heteroatoms. The number of hydrogen-bond donors (Lipinski definition) is 1. The van der Waals surface area contributed by atoms with Crippen molar-refractivity contribution in [3.63, 3.8) is 0 Å². The third-order valence-electron chi connectivity index (χ3n) is 4.67. The van der Waals surface area contributed by atoms with E-state index in [2.05, 4.69) is 32.6 Å². The molecule has 0 N–H and O–H groups in total. The minimum absolute atomic E-state index is 0.351. The van der Waals surface area contributed by atoms with Gasteiger partial charge < -0.3 is 0 Å². The molecule has 0 bridgehead atoms. The maximum absolute atomic E-state index is 12.2. The first-order valence-corrected chi connectivity index (χ1v) is 8.84. The molecule has 0 amide bonds. The highest BCUT2D eigenvalue weighted by atomic mass is 32.1. The number of rotatable bonds is 8. The zero-order valence-electron chi connectivity index (χ0n) is 13.2. The molecular weight excluding hydrogens is 267 g/mol. The maximum atomic E-state index is 12.2. The predicted octanol–water partition coefficient (Wildman–Crippen LogP) is 6.00. The highest BCUT2D eigenvalue weighted by Crippen LogP contribution is 2.36. The molecule has 0 nitrogen and oxygen atoms in total. The molecule has 0 heterocycles. The Hall–Kier alpha value is -0.240. The van der Waals surface area contributed by atoms with Gasteiger partial charge in [0.25, 0.3) is 0 Å². The molecule has 116 valence electrons. The van der Waals surface area contributed by atoms with Crippen molar-refractivity contribution in [1.82, 2.24) is 0 Å². The van der Waals surface area contributed by atoms with Gasteiger partial charge in [0.2, 0.25) is 0 Å². The third kappa shape index (κ3) is 6.47. The fourth-order valence-electron chi connectivity index (χ4n) is 3.28. The standard InChI is InChI=1S/C18H31FS/c1-3-17(8-5-13-19)18-11-9-16(10-12-18)7-4-6-15(2)14-20/h3,5,8,15-16,18,20H,4,6-7,9-14H2,1-2H3/b8-5-,17-3+. The van der Waals surface area contributed by atoms with Crippen LogP contribution < -0.4 is 0 Å². The summed E-state index contributed by atoms with van der Waals surface area (Å²) in [5.74, 6) is 3.35. The Morgan fingerprint density at radius 3 is 2.55 bits per heavy atom. The van der Waals surface area contributed by atoms with E-state index in [1.807, 2.05) is 6.08 Å². The van der Waals surface area contributed by atoms with Crippen molar-refractivity contribution in [2.24, 2.45) is 17.8 Å². The molecule has 1 fully saturated rings. The van der Waals surface area contributed by atoms with Crippen LogP contribution in [0.1, 0.15) is 58.8 Å². The van der Waals surface area contributed by atoms with Gasteiger partial charge in [-0.15, -0.1) is 0 Å². The summed E-state index contributed by atoms with van der Waals surface area (Å²) in [6, 6.07) is 0. The zero-order valence-corrected chi connectivity index (χ0v) is 14.0. The lowest BCUT2D eigenvalue weighted by Gasteiger charge is -2.29. The van der Waals surface area contributed by atoms with Crippen molar-refractivity contribution >= 4 is 12.6 Å². The lowest BCUT2D eigenvalue weighted by Crippen LogP contribution is -2.16. The molecule has 20 heavy (non-hydrogen) atoms. The van der Waals surface area contributed by atoms with Gasteiger partial charge in [-0.1, -0.05) is 38.0 Å². The van der Waals surface area contributed by atoms with E-state index < -0.39 is 0 Å². The van der Waals surface area contributed by atoms with Crippen molar-refractivity contribution in [2.45, 2.75) is 58.8 Å². The first-order chi connectivity index (χ1) is 9.71. The Balaban J connectivity index is 2.27. The summed E-state index contributed by atoms with van der Waals surface area (Å²) in [6.07, 6.45) is 15.1. The fraction of sp³-hybridized carbons (Fsp3) is 0.778. The van der Waals surface area contributed by atoms with Crippen LogP contribution in [0.15, 0.2) is 23.8 Å². The summed E-state index contributed by atoms with van der Waals surface area (Å²) in [7, 11) is 0. The smallest absolute Gasteiger partial charge is 0.108 e. The molecule has 1 unspecified atom stereocenters. The van der Waals surface area contributed by atoms with Crippen molar-refractivity contribution in [3.8, 4) is 0 Å². The van der Waals surface area contributed by atoms with Gasteiger partial charge in [0.15, 0.2) is 0 Å². The Kier molecular flexibility index (Phi) is 9.33. The molecule has 0 aliphatic heterocycles. The molecule has 1 atom stereocenters. The lowest BCUT2D eigenvalue weighted by molar-refractivity contribution is 0.280. The van der Waals surface area contributed by atoms with Gasteiger partial charge in [0.05, 0.1) is 0 Å². The van der Waals surface area contributed by atoms with Gasteiger partial charge in [-0.05, 0) is 68.1 Å². The van der Waals surface area contributed by atoms with Crippen LogP contribution in [-0.2, 0) is 0 Å². The van der Waals surface area contributed by atoms with Crippen LogP contribution in [0.5, 0.6) is 0 Å². The number of allylic oxidation sites excluding steroid dienone is 4. The average molecular weight is 299 g/mol. The molecule has 1 rings (SSSR count). The van der Waals surface area contributed by atoms with E-state index in [9.17, 15) is 4.39 Å². The summed E-state index contributed by atoms with van der Waals surface area (Å²) in [5.41, 5.74) is 1.34. The average Bonchev–Trinajstić information content (AvgIpc) is 2.49. The van der Waals surface area contributed by atoms with E-state index in [4.69, 9.17) is 0 Å². The van der Waals surface area contributed by atoms with E-state index in [1.165, 1.54) is 50.5 Å². The molecule has 0 aromatic rings. The molecule has 0 aromatic carbocycles. The third-order valence-corrected chi connectivity index (χ3v) is 5.30. The van der Waals surface area contributed by atoms with Crippen molar-refractivity contribution in [3.05, 3.63) is 23.8 Å². The van der Waals surface area contributed by atoms with Crippen molar-refractivity contribution in [1.29, 1.82) is 0 Å². The highest BCUT2D eigenvalue weighted by molar-refractivity contribution is 7.80. The second-order valence-electron chi connectivity index (χ2n) is 6.28. The predicted molar refractivity (Wildman–Crippen MR) is 91.2 cm³/mol. The van der Waals surface area contributed by atoms with Gasteiger partial charge in [0, 0.05) is 0 Å². The Bertz CT molecular complexity index is 301. The maximum Gasteiger partial charge on any atom is 0.108 e. The molecule has 0 spiro atoms. The van der Waals surface area contributed by atoms with Gasteiger partial charge in [0.1, 0.15) is 6.67 Å². The minimum atomic E-state index is -0.351. The molecule has 0 aromatic heterocycles. The Labute approximate surface area is 130 Å². The van der Waals surface area contributed by atoms with E-state index in [0.717, 1.165) is 17.6 Å². The SMILES string of the molecule is C/C=C(\C=C/CF)C1CCC(CCCC(C)CS)CC1. The van der Waals surface area contributed by atoms with Crippen LogP contribution in [0.4, 0.5) is 4.39 Å². The summed E-state index contributed by atoms with van der Waals surface area (Å²) in [5, 5.41) is 0. The topological polar surface area (TPSA) is 0 Å². The number of alkyl halides is 1. The van der Waals surface area contributed by atoms with E-state index in [0.29, 0.717) is 5.92 Å². The van der Waals surface area contributed by atoms with E-state index in [1.54, 1.807) is 6.08 Å². The summed E-state index contributed by atoms with van der Waals surface area (Å²) in [4.78, 5) is 0. The normalized spacial score (nSPS) is 26.1. The largest absolute Gasteiger partial charge is 0.247 e. The molecule has 0 saturated heterocycles. The number of hydrogen-bond acceptors (Lipinski definition) is 1. The second-order valence-corrected chi connectivity index (χ2v) is 6.65. The summed E-state index contributed by atoms with van der Waals surface area (Å²) in [6.45, 7) is 4.01. The number of thiol groups is 1. The first-order valence-electron chi connectivity index (χ1n) is 8.20. The second kappa shape index (κ2) is 10.5. The highest BCUT2D eigenvalue weighted by Gasteiger charge is 2.22. The molecule has 0 radical (unpaired) electrons. The minimum Gasteiger partial charge on any atom is -0.247 e. The van der Waals surface area contributed by atoms with Gasteiger partial charge in [-0.3, -0.25) is 0 Å². The Morgan fingerprint density at radius 2 is 2.00 bits per heavy atom. The van der Waals surface area contributed by atoms with Gasteiger partial charge in [-0.25, -0.2) is 4.39 Å². The number of halogens is 1. The first kappa shape index (κ1) is 17.8. The summed E-state index contributed by atoms with van der Waals surface area (Å²) < 4.78 is 12.2. The fourth-order valence-corrected chi connectivity index (χ4v) is 3.46. The molecule has 1 saturated carbocycles. The quantitative estimate of drug-likeness (QED) is 0.412. The van der Waals surface area contributed by atoms with Gasteiger partial charge in [-0.2, -0.15) is 12.6 Å². The van der Waals surface area contributed by atoms with Crippen LogP contribution in [0.25, 0.3) is 0 Å². The van der Waals surface area contributed by atoms with Crippen molar-refractivity contribution < 1.29 is 4.39 Å². The van der Waals surface area contributed by atoms with Crippen LogP contribution in [0.3, 0.4) is 0 Å². The van der Waals surface area contributed by atoms with Gasteiger partial charge >= 0.3 is 0 Å². The van der Waals surface area contributed by atoms with Crippen LogP contribution in [-0.4, -0.2) is 12.4 Å². The van der Waals surface area contributed by atoms with Crippen LogP contribution in [0.2, 0.25) is 0 Å². The van der Waals surface area contributed by atoms with E-state index in [-0.39, 0.29) is 6.67 Å².